The minimum Gasteiger partial charge on any atom is -0.351 e. The van der Waals surface area contributed by atoms with Crippen LogP contribution in [0.15, 0.2) is 15.1 Å². The van der Waals surface area contributed by atoms with Crippen LogP contribution in [-0.4, -0.2) is 39.2 Å². The quantitative estimate of drug-likeness (QED) is 0.866. The molecular formula is C15H20N4O3. The number of hydrogen-bond donors (Lipinski definition) is 0. The van der Waals surface area contributed by atoms with E-state index < -0.39 is 0 Å². The number of nitrogens with zero attached hydrogens (tertiary/aromatic N) is 4. The monoisotopic (exact) mass is 304 g/mol. The summed E-state index contributed by atoms with van der Waals surface area (Å²) in [6.07, 6.45) is 1.87. The molecule has 3 heterocycles. The lowest BCUT2D eigenvalue weighted by atomic mass is 9.97. The molecule has 0 radical (unpaired) electrons. The Morgan fingerprint density at radius 2 is 2.18 bits per heavy atom. The van der Waals surface area contributed by atoms with E-state index in [1.54, 1.807) is 17.9 Å². The van der Waals surface area contributed by atoms with E-state index in [1.807, 2.05) is 13.8 Å². The summed E-state index contributed by atoms with van der Waals surface area (Å²) in [5.74, 6) is 1.76. The molecule has 0 aliphatic carbocycles. The summed E-state index contributed by atoms with van der Waals surface area (Å²) in [5, 5.41) is 7.92. The number of carbonyl (C=O) groups excluding carboxylic acids is 1. The fourth-order valence-corrected chi connectivity index (χ4v) is 2.67. The zero-order valence-corrected chi connectivity index (χ0v) is 13.1. The van der Waals surface area contributed by atoms with Crippen LogP contribution >= 0.6 is 0 Å². The molecule has 22 heavy (non-hydrogen) atoms. The third-order valence-electron chi connectivity index (χ3n) is 3.95. The molecule has 1 saturated heterocycles. The standard InChI is InChI=1S/C15H20N4O3/c1-9(2)12-7-13(22-17-12)15(20)19-6-4-5-11(8-19)14-16-10(3)21-18-14/h7,9,11H,4-6,8H2,1-3H3/t11-/m1/s1. The van der Waals surface area contributed by atoms with Gasteiger partial charge in [-0.05, 0) is 18.8 Å². The van der Waals surface area contributed by atoms with Crippen LogP contribution < -0.4 is 0 Å². The number of aromatic nitrogens is 3. The van der Waals surface area contributed by atoms with Crippen LogP contribution in [0.1, 0.15) is 66.5 Å². The fourth-order valence-electron chi connectivity index (χ4n) is 2.67. The maximum Gasteiger partial charge on any atom is 0.292 e. The molecule has 7 nitrogen and oxygen atoms in total. The topological polar surface area (TPSA) is 85.3 Å². The first kappa shape index (κ1) is 14.7. The molecule has 1 fully saturated rings. The molecule has 0 aromatic carbocycles. The van der Waals surface area contributed by atoms with Gasteiger partial charge in [0.05, 0.1) is 5.69 Å². The van der Waals surface area contributed by atoms with Gasteiger partial charge in [0, 0.05) is 32.0 Å². The number of piperidine rings is 1. The van der Waals surface area contributed by atoms with Crippen LogP contribution in [0.25, 0.3) is 0 Å². The minimum absolute atomic E-state index is 0.114. The number of aryl methyl sites for hydroxylation is 1. The Balaban J connectivity index is 1.72. The molecule has 2 aromatic rings. The molecule has 1 aliphatic rings. The van der Waals surface area contributed by atoms with Crippen LogP contribution in [0.4, 0.5) is 0 Å². The van der Waals surface area contributed by atoms with Crippen molar-refractivity contribution in [3.63, 3.8) is 0 Å². The van der Waals surface area contributed by atoms with Gasteiger partial charge in [-0.1, -0.05) is 24.2 Å². The summed E-state index contributed by atoms with van der Waals surface area (Å²) in [7, 11) is 0. The van der Waals surface area contributed by atoms with E-state index in [9.17, 15) is 4.79 Å². The van der Waals surface area contributed by atoms with Gasteiger partial charge in [0.2, 0.25) is 11.7 Å². The van der Waals surface area contributed by atoms with Crippen molar-refractivity contribution < 1.29 is 13.8 Å². The highest BCUT2D eigenvalue weighted by Gasteiger charge is 2.30. The second-order valence-corrected chi connectivity index (χ2v) is 6.03. The summed E-state index contributed by atoms with van der Waals surface area (Å²) in [4.78, 5) is 18.6. The number of likely N-dealkylation sites (tertiary alicyclic amines) is 1. The van der Waals surface area contributed by atoms with Gasteiger partial charge >= 0.3 is 0 Å². The first-order valence-corrected chi connectivity index (χ1v) is 7.60. The number of carbonyl (C=O) groups is 1. The van der Waals surface area contributed by atoms with Crippen molar-refractivity contribution in [3.8, 4) is 0 Å². The maximum atomic E-state index is 12.5. The van der Waals surface area contributed by atoms with Crippen molar-refractivity contribution in [1.29, 1.82) is 0 Å². The summed E-state index contributed by atoms with van der Waals surface area (Å²) in [5.41, 5.74) is 0.797. The molecule has 1 atom stereocenters. The molecule has 2 aromatic heterocycles. The molecule has 1 amide bonds. The van der Waals surface area contributed by atoms with E-state index in [4.69, 9.17) is 9.05 Å². The third-order valence-corrected chi connectivity index (χ3v) is 3.95. The van der Waals surface area contributed by atoms with Gasteiger partial charge < -0.3 is 13.9 Å². The van der Waals surface area contributed by atoms with Crippen LogP contribution in [0.5, 0.6) is 0 Å². The van der Waals surface area contributed by atoms with Crippen molar-refractivity contribution >= 4 is 5.91 Å². The molecular weight excluding hydrogens is 284 g/mol. The van der Waals surface area contributed by atoms with Crippen LogP contribution in [0.2, 0.25) is 0 Å². The molecule has 0 bridgehead atoms. The van der Waals surface area contributed by atoms with Gasteiger partial charge in [0.1, 0.15) is 0 Å². The molecule has 0 N–H and O–H groups in total. The van der Waals surface area contributed by atoms with E-state index in [2.05, 4.69) is 15.3 Å². The second-order valence-electron chi connectivity index (χ2n) is 6.03. The normalized spacial score (nSPS) is 18.9. The Hall–Kier alpha value is -2.18. The zero-order valence-electron chi connectivity index (χ0n) is 13.1. The predicted octanol–water partition coefficient (Wildman–Crippen LogP) is 2.51. The smallest absolute Gasteiger partial charge is 0.292 e. The Morgan fingerprint density at radius 1 is 1.36 bits per heavy atom. The fraction of sp³-hybridized carbons (Fsp3) is 0.600. The largest absolute Gasteiger partial charge is 0.351 e. The average Bonchev–Trinajstić information content (AvgIpc) is 3.15. The first-order chi connectivity index (χ1) is 10.5. The molecule has 1 aliphatic heterocycles. The lowest BCUT2D eigenvalue weighted by molar-refractivity contribution is 0.0661. The Kier molecular flexibility index (Phi) is 3.96. The lowest BCUT2D eigenvalue weighted by Gasteiger charge is -2.30. The van der Waals surface area contributed by atoms with E-state index in [-0.39, 0.29) is 17.7 Å². The number of amides is 1. The van der Waals surface area contributed by atoms with Crippen molar-refractivity contribution in [2.24, 2.45) is 0 Å². The maximum absolute atomic E-state index is 12.5. The van der Waals surface area contributed by atoms with E-state index in [0.29, 0.717) is 30.6 Å². The summed E-state index contributed by atoms with van der Waals surface area (Å²) < 4.78 is 10.2. The van der Waals surface area contributed by atoms with Gasteiger partial charge in [0.15, 0.2) is 5.82 Å². The van der Waals surface area contributed by atoms with E-state index >= 15 is 0 Å². The Morgan fingerprint density at radius 3 is 2.82 bits per heavy atom. The van der Waals surface area contributed by atoms with Crippen LogP contribution in [0.3, 0.4) is 0 Å². The Labute approximate surface area is 128 Å². The highest BCUT2D eigenvalue weighted by Crippen LogP contribution is 2.26. The third kappa shape index (κ3) is 2.88. The summed E-state index contributed by atoms with van der Waals surface area (Å²) in [6.45, 7) is 7.09. The molecule has 7 heteroatoms. The highest BCUT2D eigenvalue weighted by atomic mass is 16.5. The van der Waals surface area contributed by atoms with E-state index in [1.165, 1.54) is 0 Å². The lowest BCUT2D eigenvalue weighted by Crippen LogP contribution is -2.39. The van der Waals surface area contributed by atoms with Crippen molar-refractivity contribution in [2.75, 3.05) is 13.1 Å². The molecule has 118 valence electrons. The van der Waals surface area contributed by atoms with Crippen molar-refractivity contribution in [2.45, 2.75) is 45.4 Å². The predicted molar refractivity (Wildman–Crippen MR) is 77.5 cm³/mol. The second kappa shape index (κ2) is 5.90. The van der Waals surface area contributed by atoms with Gasteiger partial charge in [0.25, 0.3) is 5.91 Å². The molecule has 3 rings (SSSR count). The minimum atomic E-state index is -0.121. The van der Waals surface area contributed by atoms with Gasteiger partial charge in [-0.25, -0.2) is 0 Å². The van der Waals surface area contributed by atoms with Gasteiger partial charge in [-0.3, -0.25) is 4.79 Å². The summed E-state index contributed by atoms with van der Waals surface area (Å²) >= 11 is 0. The zero-order chi connectivity index (χ0) is 15.7. The first-order valence-electron chi connectivity index (χ1n) is 7.60. The average molecular weight is 304 g/mol. The Bertz CT molecular complexity index is 661. The van der Waals surface area contributed by atoms with Crippen LogP contribution in [-0.2, 0) is 0 Å². The van der Waals surface area contributed by atoms with Gasteiger partial charge in [-0.2, -0.15) is 4.98 Å². The highest BCUT2D eigenvalue weighted by molar-refractivity contribution is 5.91. The SMILES string of the molecule is Cc1nc([C@@H]2CCCN(C(=O)c3cc(C(C)C)no3)C2)no1. The van der Waals surface area contributed by atoms with Crippen molar-refractivity contribution in [1.82, 2.24) is 20.2 Å². The molecule has 0 spiro atoms. The summed E-state index contributed by atoms with van der Waals surface area (Å²) in [6, 6.07) is 1.73. The molecule has 0 unspecified atom stereocenters. The van der Waals surface area contributed by atoms with Gasteiger partial charge in [-0.15, -0.1) is 0 Å². The molecule has 0 saturated carbocycles. The number of rotatable bonds is 3. The van der Waals surface area contributed by atoms with Crippen LogP contribution in [0, 0.1) is 6.92 Å². The van der Waals surface area contributed by atoms with Crippen molar-refractivity contribution in [3.05, 3.63) is 29.2 Å². The number of hydrogen-bond acceptors (Lipinski definition) is 6. The van der Waals surface area contributed by atoms with E-state index in [0.717, 1.165) is 18.5 Å².